The van der Waals surface area contributed by atoms with E-state index in [-0.39, 0.29) is 10.8 Å². The highest BCUT2D eigenvalue weighted by Crippen LogP contribution is 2.57. The van der Waals surface area contributed by atoms with E-state index < -0.39 is 11.5 Å². The van der Waals surface area contributed by atoms with Crippen LogP contribution in [0.15, 0.2) is 36.4 Å². The second-order valence-corrected chi connectivity index (χ2v) is 9.28. The molecule has 1 aromatic heterocycles. The maximum Gasteiger partial charge on any atom is 0.115 e. The zero-order valence-corrected chi connectivity index (χ0v) is 16.5. The van der Waals surface area contributed by atoms with Gasteiger partial charge in [0.05, 0.1) is 5.70 Å². The molecule has 134 valence electrons. The molecule has 1 N–H and O–H groups in total. The molecule has 0 saturated heterocycles. The molecule has 1 aromatic carbocycles. The van der Waals surface area contributed by atoms with Crippen molar-refractivity contribution in [2.75, 3.05) is 0 Å². The third kappa shape index (κ3) is 2.72. The van der Waals surface area contributed by atoms with E-state index in [1.165, 1.54) is 0 Å². The molecule has 25 heavy (non-hydrogen) atoms. The smallest absolute Gasteiger partial charge is 0.115 e. The van der Waals surface area contributed by atoms with Crippen LogP contribution in [0.2, 0.25) is 5.02 Å². The summed E-state index contributed by atoms with van der Waals surface area (Å²) < 4.78 is 0. The Balaban J connectivity index is 2.14. The molecule has 2 aromatic rings. The van der Waals surface area contributed by atoms with Gasteiger partial charge in [0.2, 0.25) is 0 Å². The van der Waals surface area contributed by atoms with Crippen LogP contribution in [-0.4, -0.2) is 26.2 Å². The Kier molecular flexibility index (Phi) is 4.12. The van der Waals surface area contributed by atoms with Crippen molar-refractivity contribution in [3.05, 3.63) is 41.4 Å². The fraction of sp³-hybridized carbons (Fsp3) is 0.500. The first-order valence-corrected chi connectivity index (χ1v) is 8.96. The molecule has 3 rings (SSSR count). The number of aliphatic hydroxyl groups excluding tert-OH is 1. The highest BCUT2D eigenvalue weighted by Gasteiger charge is 2.55. The summed E-state index contributed by atoms with van der Waals surface area (Å²) in [6.45, 7) is 13.0. The highest BCUT2D eigenvalue weighted by molar-refractivity contribution is 6.31. The average Bonchev–Trinajstić information content (AvgIpc) is 2.87. The zero-order valence-electron chi connectivity index (χ0n) is 15.7. The van der Waals surface area contributed by atoms with Crippen molar-refractivity contribution in [2.45, 2.75) is 47.6 Å². The van der Waals surface area contributed by atoms with Gasteiger partial charge < -0.3 is 5.11 Å². The molecule has 1 aliphatic rings. The van der Waals surface area contributed by atoms with Gasteiger partial charge in [0.1, 0.15) is 17.1 Å². The number of aliphatic hydroxyl groups is 1. The summed E-state index contributed by atoms with van der Waals surface area (Å²) >= 11 is 6.06. The van der Waals surface area contributed by atoms with Gasteiger partial charge in [-0.2, -0.15) is 4.80 Å². The van der Waals surface area contributed by atoms with Gasteiger partial charge in [-0.15, -0.1) is 10.2 Å². The lowest BCUT2D eigenvalue weighted by molar-refractivity contribution is -0.0684. The van der Waals surface area contributed by atoms with Crippen LogP contribution in [0, 0.1) is 16.2 Å². The third-order valence-corrected chi connectivity index (χ3v) is 5.63. The van der Waals surface area contributed by atoms with Gasteiger partial charge in [-0.25, -0.2) is 0 Å². The van der Waals surface area contributed by atoms with E-state index in [1.807, 2.05) is 18.2 Å². The lowest BCUT2D eigenvalue weighted by atomic mass is 9.50. The summed E-state index contributed by atoms with van der Waals surface area (Å²) in [7, 11) is 0. The molecular weight excluding hydrogens is 334 g/mol. The fourth-order valence-corrected chi connectivity index (χ4v) is 4.50. The number of nitrogens with zero attached hydrogens (tertiary/aromatic N) is 3. The Morgan fingerprint density at radius 2 is 1.64 bits per heavy atom. The largest absolute Gasteiger partial charge is 0.386 e. The van der Waals surface area contributed by atoms with Crippen LogP contribution in [-0.2, 0) is 0 Å². The summed E-state index contributed by atoms with van der Waals surface area (Å²) in [5, 5.41) is 21.1. The number of halogens is 1. The predicted octanol–water partition coefficient (Wildman–Crippen LogP) is 4.93. The Labute approximate surface area is 154 Å². The molecule has 1 heterocycles. The summed E-state index contributed by atoms with van der Waals surface area (Å²) in [5.41, 5.74) is 1.38. The SMILES string of the molecule is CC(C)(C)C1(C(C)(C)C)C=CC=C(n2nc3ccc(Cl)cc3n2)C1O. The molecule has 4 nitrogen and oxygen atoms in total. The van der Waals surface area contributed by atoms with Gasteiger partial charge in [0, 0.05) is 10.4 Å². The third-order valence-electron chi connectivity index (χ3n) is 5.39. The van der Waals surface area contributed by atoms with Crippen LogP contribution < -0.4 is 0 Å². The summed E-state index contributed by atoms with van der Waals surface area (Å²) in [4.78, 5) is 1.54. The van der Waals surface area contributed by atoms with Crippen LogP contribution in [0.4, 0.5) is 0 Å². The normalized spacial score (nSPS) is 20.8. The molecular formula is C20H26ClN3O. The number of allylic oxidation sites excluding steroid dienone is 2. The fourth-order valence-electron chi connectivity index (χ4n) is 4.34. The molecule has 0 spiro atoms. The van der Waals surface area contributed by atoms with Crippen molar-refractivity contribution < 1.29 is 5.11 Å². The molecule has 0 fully saturated rings. The van der Waals surface area contributed by atoms with Crippen LogP contribution in [0.5, 0.6) is 0 Å². The highest BCUT2D eigenvalue weighted by atomic mass is 35.5. The lowest BCUT2D eigenvalue weighted by Crippen LogP contribution is -2.54. The number of hydrogen-bond acceptors (Lipinski definition) is 3. The molecule has 1 unspecified atom stereocenters. The van der Waals surface area contributed by atoms with E-state index in [2.05, 4.69) is 57.8 Å². The van der Waals surface area contributed by atoms with Crippen molar-refractivity contribution in [1.82, 2.24) is 15.0 Å². The molecule has 0 aliphatic heterocycles. The first-order valence-electron chi connectivity index (χ1n) is 8.58. The minimum absolute atomic E-state index is 0.156. The van der Waals surface area contributed by atoms with Gasteiger partial charge >= 0.3 is 0 Å². The van der Waals surface area contributed by atoms with E-state index in [4.69, 9.17) is 11.6 Å². The number of benzene rings is 1. The maximum atomic E-state index is 11.4. The first-order chi connectivity index (χ1) is 11.5. The van der Waals surface area contributed by atoms with E-state index in [0.29, 0.717) is 16.2 Å². The van der Waals surface area contributed by atoms with Crippen molar-refractivity contribution in [1.29, 1.82) is 0 Å². The number of fused-ring (bicyclic) bond motifs is 1. The monoisotopic (exact) mass is 359 g/mol. The van der Waals surface area contributed by atoms with E-state index in [0.717, 1.165) is 5.52 Å². The zero-order chi connectivity index (χ0) is 18.6. The Bertz CT molecular complexity index is 851. The molecule has 5 heteroatoms. The summed E-state index contributed by atoms with van der Waals surface area (Å²) in [5.74, 6) is 0. The second-order valence-electron chi connectivity index (χ2n) is 8.84. The molecule has 0 bridgehead atoms. The van der Waals surface area contributed by atoms with Gasteiger partial charge in [0.15, 0.2) is 0 Å². The van der Waals surface area contributed by atoms with Crippen molar-refractivity contribution in [3.8, 4) is 0 Å². The van der Waals surface area contributed by atoms with Crippen molar-refractivity contribution in [3.63, 3.8) is 0 Å². The number of rotatable bonds is 1. The first kappa shape index (κ1) is 18.2. The lowest BCUT2D eigenvalue weighted by Gasteiger charge is -2.55. The number of hydrogen-bond donors (Lipinski definition) is 1. The van der Waals surface area contributed by atoms with E-state index >= 15 is 0 Å². The Morgan fingerprint density at radius 1 is 1.04 bits per heavy atom. The predicted molar refractivity (Wildman–Crippen MR) is 103 cm³/mol. The molecule has 1 atom stereocenters. The van der Waals surface area contributed by atoms with Crippen molar-refractivity contribution >= 4 is 28.3 Å². The van der Waals surface area contributed by atoms with Crippen LogP contribution in [0.1, 0.15) is 41.5 Å². The van der Waals surface area contributed by atoms with E-state index in [1.54, 1.807) is 16.9 Å². The standard InChI is InChI=1S/C20H26ClN3O/c1-18(2,3)20(19(4,5)6)11-7-8-16(17(20)25)24-22-14-10-9-13(21)12-15(14)23-24/h7-12,17,25H,1-6H3. The van der Waals surface area contributed by atoms with Crippen LogP contribution >= 0.6 is 11.6 Å². The minimum atomic E-state index is -0.727. The molecule has 0 saturated carbocycles. The quantitative estimate of drug-likeness (QED) is 0.784. The second kappa shape index (κ2) is 5.68. The maximum absolute atomic E-state index is 11.4. The van der Waals surface area contributed by atoms with Crippen LogP contribution in [0.3, 0.4) is 0 Å². The van der Waals surface area contributed by atoms with Gasteiger partial charge in [-0.1, -0.05) is 65.3 Å². The van der Waals surface area contributed by atoms with Crippen molar-refractivity contribution in [2.24, 2.45) is 16.2 Å². The van der Waals surface area contributed by atoms with E-state index in [9.17, 15) is 5.11 Å². The van der Waals surface area contributed by atoms with Gasteiger partial charge in [-0.05, 0) is 35.1 Å². The Morgan fingerprint density at radius 3 is 2.24 bits per heavy atom. The van der Waals surface area contributed by atoms with Gasteiger partial charge in [0.25, 0.3) is 0 Å². The van der Waals surface area contributed by atoms with Crippen LogP contribution in [0.25, 0.3) is 16.7 Å². The minimum Gasteiger partial charge on any atom is -0.386 e. The summed E-state index contributed by atoms with van der Waals surface area (Å²) in [6, 6.07) is 5.42. The number of aromatic nitrogens is 3. The topological polar surface area (TPSA) is 50.9 Å². The summed E-state index contributed by atoms with van der Waals surface area (Å²) in [6.07, 6.45) is 5.32. The van der Waals surface area contributed by atoms with Gasteiger partial charge in [-0.3, -0.25) is 0 Å². The molecule has 0 amide bonds. The molecule has 1 aliphatic carbocycles. The Hall–Kier alpha value is -1.65. The average molecular weight is 360 g/mol. The molecule has 0 radical (unpaired) electrons.